The number of piperidine rings is 1. The number of likely N-dealkylation sites (tertiary alicyclic amines) is 2. The van der Waals surface area contributed by atoms with Crippen LogP contribution < -0.4 is 0 Å². The fourth-order valence-corrected chi connectivity index (χ4v) is 3.34. The predicted molar refractivity (Wildman–Crippen MR) is 70.2 cm³/mol. The third kappa shape index (κ3) is 3.61. The summed E-state index contributed by atoms with van der Waals surface area (Å²) in [6, 6.07) is 0.772. The maximum Gasteiger partial charge on any atom is 0.0238 e. The Morgan fingerprint density at radius 2 is 1.69 bits per heavy atom. The van der Waals surface area contributed by atoms with Crippen LogP contribution in [0.3, 0.4) is 0 Å². The van der Waals surface area contributed by atoms with Gasteiger partial charge in [0.15, 0.2) is 0 Å². The highest BCUT2D eigenvalue weighted by atomic mass is 35.5. The van der Waals surface area contributed by atoms with Gasteiger partial charge in [0.1, 0.15) is 0 Å². The van der Waals surface area contributed by atoms with Crippen LogP contribution in [0.1, 0.15) is 38.5 Å². The molecule has 1 unspecified atom stereocenters. The lowest BCUT2D eigenvalue weighted by Gasteiger charge is -2.36. The summed E-state index contributed by atoms with van der Waals surface area (Å²) in [5.41, 5.74) is 0. The minimum atomic E-state index is 0.772. The van der Waals surface area contributed by atoms with Crippen molar-refractivity contribution in [2.75, 3.05) is 38.6 Å². The Bertz CT molecular complexity index is 190. The van der Waals surface area contributed by atoms with E-state index in [0.717, 1.165) is 11.9 Å². The molecule has 2 fully saturated rings. The summed E-state index contributed by atoms with van der Waals surface area (Å²) in [5, 5.41) is 0. The molecule has 0 spiro atoms. The van der Waals surface area contributed by atoms with Crippen LogP contribution in [0.15, 0.2) is 0 Å². The van der Waals surface area contributed by atoms with E-state index in [1.165, 1.54) is 71.2 Å². The molecule has 0 aromatic carbocycles. The molecule has 0 aromatic heterocycles. The highest BCUT2D eigenvalue weighted by molar-refractivity contribution is 6.17. The van der Waals surface area contributed by atoms with Crippen LogP contribution in [0.2, 0.25) is 0 Å². The molecule has 0 saturated carbocycles. The lowest BCUT2D eigenvalue weighted by atomic mass is 10.00. The molecule has 0 amide bonds. The summed E-state index contributed by atoms with van der Waals surface area (Å²) >= 11 is 5.89. The first kappa shape index (κ1) is 12.7. The highest BCUT2D eigenvalue weighted by Gasteiger charge is 2.22. The smallest absolute Gasteiger partial charge is 0.0238 e. The third-order valence-corrected chi connectivity index (χ3v) is 4.31. The van der Waals surface area contributed by atoms with Gasteiger partial charge in [-0.15, -0.1) is 11.6 Å². The molecule has 2 aliphatic heterocycles. The van der Waals surface area contributed by atoms with E-state index in [9.17, 15) is 0 Å². The SMILES string of the molecule is ClCCC1CCCCN1CCN1CCCC1. The molecule has 2 nitrogen and oxygen atoms in total. The number of alkyl halides is 1. The Morgan fingerprint density at radius 1 is 0.938 bits per heavy atom. The largest absolute Gasteiger partial charge is 0.302 e. The van der Waals surface area contributed by atoms with Crippen LogP contribution in [0.4, 0.5) is 0 Å². The molecule has 2 heterocycles. The van der Waals surface area contributed by atoms with E-state index in [1.54, 1.807) is 0 Å². The normalized spacial score (nSPS) is 28.7. The van der Waals surface area contributed by atoms with Crippen molar-refractivity contribution >= 4 is 11.6 Å². The quantitative estimate of drug-likeness (QED) is 0.686. The molecule has 0 aliphatic carbocycles. The second-order valence-corrected chi connectivity index (χ2v) is 5.59. The second kappa shape index (κ2) is 6.83. The molecular formula is C13H25ClN2. The van der Waals surface area contributed by atoms with Crippen molar-refractivity contribution < 1.29 is 0 Å². The molecular weight excluding hydrogens is 220 g/mol. The molecule has 0 aromatic rings. The number of rotatable bonds is 5. The summed E-state index contributed by atoms with van der Waals surface area (Å²) in [6.45, 7) is 6.50. The molecule has 2 saturated heterocycles. The molecule has 2 rings (SSSR count). The van der Waals surface area contributed by atoms with Crippen molar-refractivity contribution in [1.29, 1.82) is 0 Å². The Balaban J connectivity index is 1.72. The van der Waals surface area contributed by atoms with Crippen LogP contribution in [0.5, 0.6) is 0 Å². The van der Waals surface area contributed by atoms with Gasteiger partial charge in [-0.3, -0.25) is 4.90 Å². The Kier molecular flexibility index (Phi) is 5.40. The van der Waals surface area contributed by atoms with Crippen molar-refractivity contribution in [2.45, 2.75) is 44.6 Å². The van der Waals surface area contributed by atoms with E-state index in [1.807, 2.05) is 0 Å². The zero-order valence-corrected chi connectivity index (χ0v) is 11.1. The van der Waals surface area contributed by atoms with Gasteiger partial charge in [0, 0.05) is 25.0 Å². The first-order chi connectivity index (χ1) is 7.90. The molecule has 0 N–H and O–H groups in total. The van der Waals surface area contributed by atoms with Crippen molar-refractivity contribution in [1.82, 2.24) is 9.80 Å². The van der Waals surface area contributed by atoms with Gasteiger partial charge >= 0.3 is 0 Å². The van der Waals surface area contributed by atoms with Crippen molar-refractivity contribution in [3.63, 3.8) is 0 Å². The van der Waals surface area contributed by atoms with Crippen molar-refractivity contribution in [3.8, 4) is 0 Å². The molecule has 94 valence electrons. The Morgan fingerprint density at radius 3 is 2.44 bits per heavy atom. The minimum absolute atomic E-state index is 0.772. The first-order valence-corrected chi connectivity index (χ1v) is 7.46. The van der Waals surface area contributed by atoms with Gasteiger partial charge in [-0.2, -0.15) is 0 Å². The first-order valence-electron chi connectivity index (χ1n) is 6.92. The summed E-state index contributed by atoms with van der Waals surface area (Å²) in [5.74, 6) is 0.824. The lowest BCUT2D eigenvalue weighted by molar-refractivity contribution is 0.128. The topological polar surface area (TPSA) is 6.48 Å². The van der Waals surface area contributed by atoms with E-state index in [4.69, 9.17) is 11.6 Å². The molecule has 0 bridgehead atoms. The van der Waals surface area contributed by atoms with Gasteiger partial charge in [-0.1, -0.05) is 6.42 Å². The van der Waals surface area contributed by atoms with Gasteiger partial charge < -0.3 is 4.90 Å². The maximum atomic E-state index is 5.89. The number of halogens is 1. The zero-order chi connectivity index (χ0) is 11.2. The van der Waals surface area contributed by atoms with Gasteiger partial charge in [0.05, 0.1) is 0 Å². The van der Waals surface area contributed by atoms with Crippen molar-refractivity contribution in [3.05, 3.63) is 0 Å². The summed E-state index contributed by atoms with van der Waals surface area (Å²) < 4.78 is 0. The van der Waals surface area contributed by atoms with Gasteiger partial charge in [-0.05, 0) is 51.7 Å². The molecule has 2 aliphatic rings. The fourth-order valence-electron chi connectivity index (χ4n) is 3.08. The Hall–Kier alpha value is 0.210. The summed E-state index contributed by atoms with van der Waals surface area (Å²) in [6.07, 6.45) is 8.16. The van der Waals surface area contributed by atoms with Gasteiger partial charge in [0.2, 0.25) is 0 Å². The number of hydrogen-bond donors (Lipinski definition) is 0. The standard InChI is InChI=1S/C13H25ClN2/c14-7-6-13-5-1-2-10-16(13)12-11-15-8-3-4-9-15/h13H,1-12H2. The molecule has 16 heavy (non-hydrogen) atoms. The number of nitrogens with zero attached hydrogens (tertiary/aromatic N) is 2. The fraction of sp³-hybridized carbons (Fsp3) is 1.00. The number of hydrogen-bond acceptors (Lipinski definition) is 2. The van der Waals surface area contributed by atoms with E-state index < -0.39 is 0 Å². The average molecular weight is 245 g/mol. The van der Waals surface area contributed by atoms with E-state index in [2.05, 4.69) is 9.80 Å². The summed E-state index contributed by atoms with van der Waals surface area (Å²) in [4.78, 5) is 5.30. The van der Waals surface area contributed by atoms with Gasteiger partial charge in [0.25, 0.3) is 0 Å². The average Bonchev–Trinajstić information content (AvgIpc) is 2.81. The second-order valence-electron chi connectivity index (χ2n) is 5.21. The van der Waals surface area contributed by atoms with Crippen LogP contribution in [-0.2, 0) is 0 Å². The van der Waals surface area contributed by atoms with Crippen LogP contribution in [-0.4, -0.2) is 54.4 Å². The van der Waals surface area contributed by atoms with E-state index >= 15 is 0 Å². The van der Waals surface area contributed by atoms with Crippen LogP contribution in [0, 0.1) is 0 Å². The molecule has 3 heteroatoms. The van der Waals surface area contributed by atoms with E-state index in [-0.39, 0.29) is 0 Å². The lowest BCUT2D eigenvalue weighted by Crippen LogP contribution is -2.43. The minimum Gasteiger partial charge on any atom is -0.302 e. The monoisotopic (exact) mass is 244 g/mol. The van der Waals surface area contributed by atoms with Crippen molar-refractivity contribution in [2.24, 2.45) is 0 Å². The third-order valence-electron chi connectivity index (χ3n) is 4.09. The molecule has 0 radical (unpaired) electrons. The molecule has 1 atom stereocenters. The summed E-state index contributed by atoms with van der Waals surface area (Å²) in [7, 11) is 0. The maximum absolute atomic E-state index is 5.89. The van der Waals surface area contributed by atoms with Crippen LogP contribution >= 0.6 is 11.6 Å². The van der Waals surface area contributed by atoms with Crippen LogP contribution in [0.25, 0.3) is 0 Å². The van der Waals surface area contributed by atoms with E-state index in [0.29, 0.717) is 0 Å². The Labute approximate surface area is 105 Å². The van der Waals surface area contributed by atoms with Gasteiger partial charge in [-0.25, -0.2) is 0 Å². The highest BCUT2D eigenvalue weighted by Crippen LogP contribution is 2.20. The zero-order valence-electron chi connectivity index (χ0n) is 10.3. The predicted octanol–water partition coefficient (Wildman–Crippen LogP) is 2.57.